The van der Waals surface area contributed by atoms with Gasteiger partial charge in [0.2, 0.25) is 0 Å². The molecule has 0 aliphatic carbocycles. The van der Waals surface area contributed by atoms with Gasteiger partial charge in [0, 0.05) is 7.11 Å². The second-order valence-corrected chi connectivity index (χ2v) is 4.04. The van der Waals surface area contributed by atoms with Gasteiger partial charge in [-0.1, -0.05) is 6.92 Å². The third kappa shape index (κ3) is 2.09. The number of anilines is 1. The maximum atomic E-state index is 5.91. The number of aryl methyl sites for hydroxylation is 1. The lowest BCUT2D eigenvalue weighted by Crippen LogP contribution is -2.17. The van der Waals surface area contributed by atoms with Crippen LogP contribution < -0.4 is 5.73 Å². The van der Waals surface area contributed by atoms with Gasteiger partial charge in [0.05, 0.1) is 22.8 Å². The van der Waals surface area contributed by atoms with Gasteiger partial charge in [-0.05, 0) is 29.3 Å². The van der Waals surface area contributed by atoms with E-state index in [1.807, 2.05) is 11.6 Å². The molecule has 1 atom stereocenters. The summed E-state index contributed by atoms with van der Waals surface area (Å²) >= 11 is 3.40. The molecule has 1 aromatic heterocycles. The first-order chi connectivity index (χ1) is 6.61. The van der Waals surface area contributed by atoms with E-state index in [-0.39, 0.29) is 6.04 Å². The molecular formula is C9H16BrN3O. The molecule has 80 valence electrons. The predicted octanol–water partition coefficient (Wildman–Crippen LogP) is 2.13. The topological polar surface area (TPSA) is 53.1 Å². The van der Waals surface area contributed by atoms with Crippen molar-refractivity contribution in [3.63, 3.8) is 0 Å². The summed E-state index contributed by atoms with van der Waals surface area (Å²) in [5, 5.41) is 4.36. The molecule has 4 nitrogen and oxygen atoms in total. The highest BCUT2D eigenvalue weighted by Gasteiger charge is 2.16. The van der Waals surface area contributed by atoms with Crippen molar-refractivity contribution in [1.82, 2.24) is 9.78 Å². The lowest BCUT2D eigenvalue weighted by Gasteiger charge is -2.15. The number of nitrogens with zero attached hydrogens (tertiary/aromatic N) is 2. The monoisotopic (exact) mass is 261 g/mol. The third-order valence-electron chi connectivity index (χ3n) is 2.22. The van der Waals surface area contributed by atoms with Gasteiger partial charge in [-0.15, -0.1) is 0 Å². The first-order valence-electron chi connectivity index (χ1n) is 4.60. The molecule has 0 fully saturated rings. The van der Waals surface area contributed by atoms with Crippen molar-refractivity contribution in [2.24, 2.45) is 0 Å². The van der Waals surface area contributed by atoms with Gasteiger partial charge in [0.25, 0.3) is 0 Å². The quantitative estimate of drug-likeness (QED) is 0.904. The number of rotatable bonds is 4. The van der Waals surface area contributed by atoms with E-state index in [4.69, 9.17) is 10.5 Å². The van der Waals surface area contributed by atoms with Crippen molar-refractivity contribution in [3.8, 4) is 0 Å². The molecule has 1 unspecified atom stereocenters. The third-order valence-corrected chi connectivity index (χ3v) is 3.20. The number of ether oxygens (including phenoxy) is 1. The number of hydrogen-bond acceptors (Lipinski definition) is 3. The van der Waals surface area contributed by atoms with Gasteiger partial charge in [0.1, 0.15) is 5.82 Å². The SMILES string of the molecule is CCC(COC)n1nc(C)c(Br)c1N. The lowest BCUT2D eigenvalue weighted by molar-refractivity contribution is 0.148. The molecule has 0 amide bonds. The first kappa shape index (κ1) is 11.5. The summed E-state index contributed by atoms with van der Waals surface area (Å²) in [6, 6.07) is 0.213. The molecule has 1 aromatic rings. The fraction of sp³-hybridized carbons (Fsp3) is 0.667. The second-order valence-electron chi connectivity index (χ2n) is 3.25. The molecule has 0 spiro atoms. The van der Waals surface area contributed by atoms with Crippen molar-refractivity contribution in [3.05, 3.63) is 10.2 Å². The Labute approximate surface area is 92.5 Å². The summed E-state index contributed by atoms with van der Waals surface area (Å²) < 4.78 is 7.83. The van der Waals surface area contributed by atoms with E-state index in [0.29, 0.717) is 12.4 Å². The van der Waals surface area contributed by atoms with E-state index >= 15 is 0 Å². The Bertz CT molecular complexity index is 311. The van der Waals surface area contributed by atoms with Crippen LogP contribution in [-0.2, 0) is 4.74 Å². The Balaban J connectivity index is 2.98. The number of nitrogen functional groups attached to an aromatic ring is 1. The zero-order chi connectivity index (χ0) is 10.7. The normalized spacial score (nSPS) is 13.1. The summed E-state index contributed by atoms with van der Waals surface area (Å²) in [6.45, 7) is 4.65. The Morgan fingerprint density at radius 3 is 2.64 bits per heavy atom. The largest absolute Gasteiger partial charge is 0.383 e. The van der Waals surface area contributed by atoms with Crippen LogP contribution in [0.3, 0.4) is 0 Å². The summed E-state index contributed by atoms with van der Waals surface area (Å²) in [4.78, 5) is 0. The van der Waals surface area contributed by atoms with Gasteiger partial charge < -0.3 is 10.5 Å². The van der Waals surface area contributed by atoms with Gasteiger partial charge in [-0.3, -0.25) is 0 Å². The Morgan fingerprint density at radius 2 is 2.29 bits per heavy atom. The molecule has 1 heterocycles. The molecular weight excluding hydrogens is 246 g/mol. The summed E-state index contributed by atoms with van der Waals surface area (Å²) in [5.74, 6) is 0.673. The summed E-state index contributed by atoms with van der Waals surface area (Å²) in [5.41, 5.74) is 6.82. The average molecular weight is 262 g/mol. The molecule has 0 aliphatic rings. The summed E-state index contributed by atoms with van der Waals surface area (Å²) in [7, 11) is 1.68. The number of nitrogens with two attached hydrogens (primary N) is 1. The smallest absolute Gasteiger partial charge is 0.136 e. The maximum absolute atomic E-state index is 5.91. The van der Waals surface area contributed by atoms with E-state index in [0.717, 1.165) is 16.6 Å². The zero-order valence-electron chi connectivity index (χ0n) is 8.75. The Hall–Kier alpha value is -0.550. The fourth-order valence-electron chi connectivity index (χ4n) is 1.38. The molecule has 14 heavy (non-hydrogen) atoms. The van der Waals surface area contributed by atoms with Crippen molar-refractivity contribution < 1.29 is 4.74 Å². The van der Waals surface area contributed by atoms with Gasteiger partial charge in [-0.2, -0.15) is 5.10 Å². The molecule has 0 radical (unpaired) electrons. The van der Waals surface area contributed by atoms with Crippen LogP contribution in [0.2, 0.25) is 0 Å². The number of methoxy groups -OCH3 is 1. The number of aromatic nitrogens is 2. The molecule has 5 heteroatoms. The minimum absolute atomic E-state index is 0.213. The minimum Gasteiger partial charge on any atom is -0.383 e. The van der Waals surface area contributed by atoms with E-state index < -0.39 is 0 Å². The zero-order valence-corrected chi connectivity index (χ0v) is 10.3. The second kappa shape index (κ2) is 4.79. The van der Waals surface area contributed by atoms with Crippen LogP contribution in [0, 0.1) is 6.92 Å². The van der Waals surface area contributed by atoms with Gasteiger partial charge in [-0.25, -0.2) is 4.68 Å². The van der Waals surface area contributed by atoms with E-state index in [9.17, 15) is 0 Å². The molecule has 2 N–H and O–H groups in total. The van der Waals surface area contributed by atoms with E-state index in [1.54, 1.807) is 7.11 Å². The van der Waals surface area contributed by atoms with Gasteiger partial charge >= 0.3 is 0 Å². The maximum Gasteiger partial charge on any atom is 0.136 e. The van der Waals surface area contributed by atoms with Crippen LogP contribution in [0.4, 0.5) is 5.82 Å². The van der Waals surface area contributed by atoms with Crippen LogP contribution in [-0.4, -0.2) is 23.5 Å². The highest BCUT2D eigenvalue weighted by atomic mass is 79.9. The van der Waals surface area contributed by atoms with Crippen molar-refractivity contribution in [2.75, 3.05) is 19.5 Å². The highest BCUT2D eigenvalue weighted by Crippen LogP contribution is 2.26. The first-order valence-corrected chi connectivity index (χ1v) is 5.40. The fourth-order valence-corrected chi connectivity index (χ4v) is 1.64. The molecule has 0 saturated carbocycles. The standard InChI is InChI=1S/C9H16BrN3O/c1-4-7(5-14-3)13-9(11)8(10)6(2)12-13/h7H,4-5,11H2,1-3H3. The molecule has 0 bridgehead atoms. The van der Waals surface area contributed by atoms with Crippen molar-refractivity contribution >= 4 is 21.7 Å². The molecule has 0 aromatic carbocycles. The van der Waals surface area contributed by atoms with E-state index in [2.05, 4.69) is 28.0 Å². The number of halogens is 1. The van der Waals surface area contributed by atoms with Crippen LogP contribution in [0.25, 0.3) is 0 Å². The van der Waals surface area contributed by atoms with Crippen molar-refractivity contribution in [2.45, 2.75) is 26.3 Å². The van der Waals surface area contributed by atoms with Crippen LogP contribution in [0.15, 0.2) is 4.47 Å². The molecule has 0 saturated heterocycles. The molecule has 0 aliphatic heterocycles. The summed E-state index contributed by atoms with van der Waals surface area (Å²) in [6.07, 6.45) is 0.950. The van der Waals surface area contributed by atoms with Crippen LogP contribution >= 0.6 is 15.9 Å². The van der Waals surface area contributed by atoms with Crippen molar-refractivity contribution in [1.29, 1.82) is 0 Å². The minimum atomic E-state index is 0.213. The van der Waals surface area contributed by atoms with Crippen LogP contribution in [0.1, 0.15) is 25.1 Å². The highest BCUT2D eigenvalue weighted by molar-refractivity contribution is 9.10. The lowest BCUT2D eigenvalue weighted by atomic mass is 10.2. The van der Waals surface area contributed by atoms with Gasteiger partial charge in [0.15, 0.2) is 0 Å². The average Bonchev–Trinajstić information content (AvgIpc) is 2.42. The number of hydrogen-bond donors (Lipinski definition) is 1. The molecule has 1 rings (SSSR count). The van der Waals surface area contributed by atoms with Crippen LogP contribution in [0.5, 0.6) is 0 Å². The van der Waals surface area contributed by atoms with E-state index in [1.165, 1.54) is 0 Å². The Kier molecular flexibility index (Phi) is 3.95. The Morgan fingerprint density at radius 1 is 1.64 bits per heavy atom. The predicted molar refractivity (Wildman–Crippen MR) is 60.3 cm³/mol.